The molecule has 1 aromatic rings. The molecule has 1 N–H and O–H groups in total. The van der Waals surface area contributed by atoms with Crippen molar-refractivity contribution in [2.24, 2.45) is 11.3 Å². The van der Waals surface area contributed by atoms with Crippen LogP contribution in [0.1, 0.15) is 38.7 Å². The summed E-state index contributed by atoms with van der Waals surface area (Å²) in [4.78, 5) is 12.4. The Balaban J connectivity index is 2.18. The summed E-state index contributed by atoms with van der Waals surface area (Å²) in [5.74, 6) is 0.0593. The van der Waals surface area contributed by atoms with Crippen LogP contribution in [0.2, 0.25) is 0 Å². The number of hydrogen-bond acceptors (Lipinski definition) is 2. The first kappa shape index (κ1) is 14.1. The van der Waals surface area contributed by atoms with E-state index in [4.69, 9.17) is 5.26 Å². The molecule has 1 aliphatic carbocycles. The maximum Gasteiger partial charge on any atom is 0.228 e. The van der Waals surface area contributed by atoms with Gasteiger partial charge in [0.15, 0.2) is 0 Å². The van der Waals surface area contributed by atoms with Crippen LogP contribution in [0, 0.1) is 22.7 Å². The summed E-state index contributed by atoms with van der Waals surface area (Å²) in [6.07, 6.45) is 3.10. The number of amides is 1. The predicted molar refractivity (Wildman–Crippen MR) is 78.6 cm³/mol. The van der Waals surface area contributed by atoms with Crippen LogP contribution >= 0.6 is 15.9 Å². The number of nitrogens with zero attached hydrogens (tertiary/aromatic N) is 1. The first-order valence-corrected chi connectivity index (χ1v) is 7.24. The second-order valence-electron chi connectivity index (χ2n) is 5.72. The Morgan fingerprint density at radius 1 is 1.53 bits per heavy atom. The van der Waals surface area contributed by atoms with E-state index in [-0.39, 0.29) is 17.2 Å². The van der Waals surface area contributed by atoms with Gasteiger partial charge in [0, 0.05) is 10.4 Å². The van der Waals surface area contributed by atoms with Gasteiger partial charge in [-0.2, -0.15) is 5.26 Å². The summed E-state index contributed by atoms with van der Waals surface area (Å²) >= 11 is 3.32. The van der Waals surface area contributed by atoms with Gasteiger partial charge in [0.1, 0.15) is 6.07 Å². The second kappa shape index (κ2) is 5.34. The molecule has 1 unspecified atom stereocenters. The molecule has 0 heterocycles. The van der Waals surface area contributed by atoms with Gasteiger partial charge in [-0.1, -0.05) is 36.2 Å². The standard InChI is InChI=1S/C15H17BrN2O/c1-15(2)7-3-4-12(15)14(19)18-13-6-5-11(16)8-10(13)9-17/h5-6,8,12H,3-4,7H2,1-2H3,(H,18,19). The van der Waals surface area contributed by atoms with E-state index in [1.807, 2.05) is 6.07 Å². The van der Waals surface area contributed by atoms with Gasteiger partial charge >= 0.3 is 0 Å². The van der Waals surface area contributed by atoms with E-state index in [1.54, 1.807) is 12.1 Å². The molecule has 0 aliphatic heterocycles. The summed E-state index contributed by atoms with van der Waals surface area (Å²) < 4.78 is 0.836. The highest BCUT2D eigenvalue weighted by Gasteiger charge is 2.39. The molecule has 19 heavy (non-hydrogen) atoms. The van der Waals surface area contributed by atoms with Crippen molar-refractivity contribution in [2.75, 3.05) is 5.32 Å². The van der Waals surface area contributed by atoms with Crippen LogP contribution in [-0.4, -0.2) is 5.91 Å². The van der Waals surface area contributed by atoms with Crippen LogP contribution in [0.3, 0.4) is 0 Å². The minimum absolute atomic E-state index is 0.0290. The molecule has 0 aromatic heterocycles. The van der Waals surface area contributed by atoms with Crippen LogP contribution in [0.5, 0.6) is 0 Å². The molecule has 1 saturated carbocycles. The molecule has 0 saturated heterocycles. The summed E-state index contributed by atoms with van der Waals surface area (Å²) in [5, 5.41) is 12.0. The zero-order valence-corrected chi connectivity index (χ0v) is 12.8. The molecule has 0 radical (unpaired) electrons. The quantitative estimate of drug-likeness (QED) is 0.892. The van der Waals surface area contributed by atoms with E-state index in [0.29, 0.717) is 11.3 Å². The van der Waals surface area contributed by atoms with Crippen molar-refractivity contribution in [3.8, 4) is 6.07 Å². The molecular formula is C15H17BrN2O. The SMILES string of the molecule is CC1(C)CCCC1C(=O)Nc1ccc(Br)cc1C#N. The topological polar surface area (TPSA) is 52.9 Å². The minimum Gasteiger partial charge on any atom is -0.325 e. The average Bonchev–Trinajstić information content (AvgIpc) is 2.71. The highest BCUT2D eigenvalue weighted by Crippen LogP contribution is 2.43. The van der Waals surface area contributed by atoms with Crippen LogP contribution in [0.25, 0.3) is 0 Å². The first-order valence-electron chi connectivity index (χ1n) is 6.44. The predicted octanol–water partition coefficient (Wildman–Crippen LogP) is 4.09. The Kier molecular flexibility index (Phi) is 3.96. The van der Waals surface area contributed by atoms with Crippen LogP contribution in [0.15, 0.2) is 22.7 Å². The molecule has 100 valence electrons. The molecule has 3 nitrogen and oxygen atoms in total. The lowest BCUT2D eigenvalue weighted by atomic mass is 9.81. The van der Waals surface area contributed by atoms with Crippen molar-refractivity contribution in [3.63, 3.8) is 0 Å². The molecule has 1 atom stereocenters. The van der Waals surface area contributed by atoms with E-state index in [9.17, 15) is 4.79 Å². The third kappa shape index (κ3) is 2.98. The third-order valence-corrected chi connectivity index (χ3v) is 4.43. The summed E-state index contributed by atoms with van der Waals surface area (Å²) in [5.41, 5.74) is 1.13. The number of hydrogen-bond donors (Lipinski definition) is 1. The van der Waals surface area contributed by atoms with Crippen molar-refractivity contribution < 1.29 is 4.79 Å². The number of halogens is 1. The average molecular weight is 321 g/mol. The number of carbonyl (C=O) groups is 1. The largest absolute Gasteiger partial charge is 0.325 e. The summed E-state index contributed by atoms with van der Waals surface area (Å²) in [7, 11) is 0. The minimum atomic E-state index is 0.0290. The number of carbonyl (C=O) groups excluding carboxylic acids is 1. The molecule has 0 spiro atoms. The fourth-order valence-corrected chi connectivity index (χ4v) is 3.11. The lowest BCUT2D eigenvalue weighted by molar-refractivity contribution is -0.122. The summed E-state index contributed by atoms with van der Waals surface area (Å²) in [6.45, 7) is 4.27. The van der Waals surface area contributed by atoms with Crippen molar-refractivity contribution in [3.05, 3.63) is 28.2 Å². The lowest BCUT2D eigenvalue weighted by Crippen LogP contribution is -2.31. The van der Waals surface area contributed by atoms with E-state index in [1.165, 1.54) is 0 Å². The van der Waals surface area contributed by atoms with Crippen LogP contribution < -0.4 is 5.32 Å². The number of nitrogens with one attached hydrogen (secondary N) is 1. The van der Waals surface area contributed by atoms with Crippen LogP contribution in [-0.2, 0) is 4.79 Å². The first-order chi connectivity index (χ1) is 8.94. The molecule has 1 aliphatic rings. The molecular weight excluding hydrogens is 304 g/mol. The van der Waals surface area contributed by atoms with Crippen molar-refractivity contribution in [1.29, 1.82) is 5.26 Å². The van der Waals surface area contributed by atoms with Gasteiger partial charge in [0.25, 0.3) is 0 Å². The maximum atomic E-state index is 12.4. The lowest BCUT2D eigenvalue weighted by Gasteiger charge is -2.26. The van der Waals surface area contributed by atoms with Crippen molar-refractivity contribution >= 4 is 27.5 Å². The maximum absolute atomic E-state index is 12.4. The van der Waals surface area contributed by atoms with Gasteiger partial charge < -0.3 is 5.32 Å². The number of anilines is 1. The summed E-state index contributed by atoms with van der Waals surface area (Å²) in [6, 6.07) is 7.42. The Morgan fingerprint density at radius 3 is 2.84 bits per heavy atom. The Morgan fingerprint density at radius 2 is 2.26 bits per heavy atom. The highest BCUT2D eigenvalue weighted by molar-refractivity contribution is 9.10. The molecule has 2 rings (SSSR count). The molecule has 0 bridgehead atoms. The van der Waals surface area contributed by atoms with Crippen molar-refractivity contribution in [2.45, 2.75) is 33.1 Å². The smallest absolute Gasteiger partial charge is 0.228 e. The van der Waals surface area contributed by atoms with E-state index in [0.717, 1.165) is 23.7 Å². The molecule has 1 amide bonds. The van der Waals surface area contributed by atoms with Gasteiger partial charge in [-0.3, -0.25) is 4.79 Å². The normalized spacial score (nSPS) is 20.8. The highest BCUT2D eigenvalue weighted by atomic mass is 79.9. The van der Waals surface area contributed by atoms with E-state index < -0.39 is 0 Å². The fourth-order valence-electron chi connectivity index (χ4n) is 2.75. The molecule has 1 aromatic carbocycles. The molecule has 1 fully saturated rings. The number of rotatable bonds is 2. The Hall–Kier alpha value is -1.34. The van der Waals surface area contributed by atoms with Gasteiger partial charge in [-0.05, 0) is 36.5 Å². The monoisotopic (exact) mass is 320 g/mol. The zero-order chi connectivity index (χ0) is 14.0. The fraction of sp³-hybridized carbons (Fsp3) is 0.467. The van der Waals surface area contributed by atoms with Gasteiger partial charge in [0.2, 0.25) is 5.91 Å². The van der Waals surface area contributed by atoms with E-state index >= 15 is 0 Å². The zero-order valence-electron chi connectivity index (χ0n) is 11.2. The van der Waals surface area contributed by atoms with Gasteiger partial charge in [0.05, 0.1) is 11.3 Å². The van der Waals surface area contributed by atoms with Gasteiger partial charge in [-0.25, -0.2) is 0 Å². The number of benzene rings is 1. The second-order valence-corrected chi connectivity index (χ2v) is 6.64. The van der Waals surface area contributed by atoms with Crippen molar-refractivity contribution in [1.82, 2.24) is 0 Å². The third-order valence-electron chi connectivity index (χ3n) is 3.93. The van der Waals surface area contributed by atoms with Crippen LogP contribution in [0.4, 0.5) is 5.69 Å². The Bertz CT molecular complexity index is 546. The molecule has 4 heteroatoms. The number of nitriles is 1. The van der Waals surface area contributed by atoms with Gasteiger partial charge in [-0.15, -0.1) is 0 Å². The Labute approximate surface area is 122 Å². The van der Waals surface area contributed by atoms with E-state index in [2.05, 4.69) is 41.2 Å².